The first kappa shape index (κ1) is 13.7. The van der Waals surface area contributed by atoms with Crippen LogP contribution in [0.25, 0.3) is 6.08 Å². The van der Waals surface area contributed by atoms with Gasteiger partial charge in [0.25, 0.3) is 0 Å². The van der Waals surface area contributed by atoms with E-state index in [2.05, 4.69) is 10.6 Å². The van der Waals surface area contributed by atoms with Gasteiger partial charge < -0.3 is 10.6 Å². The quantitative estimate of drug-likeness (QED) is 0.601. The lowest BCUT2D eigenvalue weighted by molar-refractivity contribution is -0.116. The molecule has 0 fully saturated rings. The molecule has 0 saturated carbocycles. The van der Waals surface area contributed by atoms with E-state index in [0.29, 0.717) is 11.6 Å². The Morgan fingerprint density at radius 3 is 2.65 bits per heavy atom. The Balaban J connectivity index is 2.32. The van der Waals surface area contributed by atoms with Gasteiger partial charge in [0.2, 0.25) is 5.91 Å². The van der Waals surface area contributed by atoms with Crippen LogP contribution in [-0.2, 0) is 4.79 Å². The van der Waals surface area contributed by atoms with Crippen LogP contribution in [0.3, 0.4) is 0 Å². The molecular formula is C13H17ClN2O. The summed E-state index contributed by atoms with van der Waals surface area (Å²) < 4.78 is 0. The highest BCUT2D eigenvalue weighted by Gasteiger charge is 1.94. The minimum absolute atomic E-state index is 0.0731. The number of benzene rings is 1. The third-order valence-electron chi connectivity index (χ3n) is 2.20. The van der Waals surface area contributed by atoms with E-state index in [9.17, 15) is 4.79 Å². The normalized spacial score (nSPS) is 10.7. The highest BCUT2D eigenvalue weighted by atomic mass is 35.5. The number of nitrogens with one attached hydrogen (secondary N) is 2. The molecule has 0 bridgehead atoms. The van der Waals surface area contributed by atoms with E-state index in [0.717, 1.165) is 18.5 Å². The molecule has 4 heteroatoms. The summed E-state index contributed by atoms with van der Waals surface area (Å²) in [6.45, 7) is 1.59. The summed E-state index contributed by atoms with van der Waals surface area (Å²) in [7, 11) is 1.89. The summed E-state index contributed by atoms with van der Waals surface area (Å²) in [6, 6.07) is 7.33. The van der Waals surface area contributed by atoms with Gasteiger partial charge in [0.15, 0.2) is 0 Å². The van der Waals surface area contributed by atoms with Gasteiger partial charge in [0, 0.05) is 17.6 Å². The Labute approximate surface area is 107 Å². The van der Waals surface area contributed by atoms with Gasteiger partial charge in [-0.05, 0) is 43.8 Å². The van der Waals surface area contributed by atoms with Crippen molar-refractivity contribution in [2.45, 2.75) is 6.42 Å². The predicted molar refractivity (Wildman–Crippen MR) is 72.0 cm³/mol. The minimum Gasteiger partial charge on any atom is -0.353 e. The molecule has 0 radical (unpaired) electrons. The van der Waals surface area contributed by atoms with Gasteiger partial charge in [-0.25, -0.2) is 0 Å². The summed E-state index contributed by atoms with van der Waals surface area (Å²) in [5.41, 5.74) is 0.958. The van der Waals surface area contributed by atoms with Gasteiger partial charge in [0.1, 0.15) is 0 Å². The molecule has 1 rings (SSSR count). The standard InChI is InChI=1S/C13H17ClN2O/c1-15-9-2-10-16-13(17)8-5-11-3-6-12(14)7-4-11/h3-8,15H,2,9-10H2,1H3,(H,16,17)/b8-5+. The number of halogens is 1. The molecule has 92 valence electrons. The fourth-order valence-corrected chi connectivity index (χ4v) is 1.41. The van der Waals surface area contributed by atoms with Gasteiger partial charge in [-0.2, -0.15) is 0 Å². The summed E-state index contributed by atoms with van der Waals surface area (Å²) in [5.74, 6) is -0.0731. The molecule has 1 aromatic rings. The van der Waals surface area contributed by atoms with Crippen molar-refractivity contribution in [2.24, 2.45) is 0 Å². The Bertz CT molecular complexity index is 374. The Kier molecular flexibility index (Phi) is 6.37. The van der Waals surface area contributed by atoms with Crippen molar-refractivity contribution >= 4 is 23.6 Å². The third-order valence-corrected chi connectivity index (χ3v) is 2.45. The molecule has 3 nitrogen and oxygen atoms in total. The van der Waals surface area contributed by atoms with Crippen LogP contribution < -0.4 is 10.6 Å². The monoisotopic (exact) mass is 252 g/mol. The molecular weight excluding hydrogens is 236 g/mol. The maximum absolute atomic E-state index is 11.4. The van der Waals surface area contributed by atoms with Crippen molar-refractivity contribution < 1.29 is 4.79 Å². The lowest BCUT2D eigenvalue weighted by atomic mass is 10.2. The first-order chi connectivity index (χ1) is 8.22. The van der Waals surface area contributed by atoms with Crippen LogP contribution in [0.1, 0.15) is 12.0 Å². The lowest BCUT2D eigenvalue weighted by Gasteiger charge is -2.01. The zero-order chi connectivity index (χ0) is 12.5. The van der Waals surface area contributed by atoms with Crippen molar-refractivity contribution in [3.63, 3.8) is 0 Å². The average Bonchev–Trinajstić information content (AvgIpc) is 2.34. The molecule has 1 amide bonds. The van der Waals surface area contributed by atoms with Crippen LogP contribution in [0, 0.1) is 0 Å². The van der Waals surface area contributed by atoms with E-state index in [1.807, 2.05) is 19.2 Å². The fraction of sp³-hybridized carbons (Fsp3) is 0.308. The van der Waals surface area contributed by atoms with Gasteiger partial charge >= 0.3 is 0 Å². The summed E-state index contributed by atoms with van der Waals surface area (Å²) >= 11 is 5.76. The zero-order valence-electron chi connectivity index (χ0n) is 9.87. The second-order valence-electron chi connectivity index (χ2n) is 3.63. The molecule has 0 spiro atoms. The SMILES string of the molecule is CNCCCNC(=O)/C=C/c1ccc(Cl)cc1. The summed E-state index contributed by atoms with van der Waals surface area (Å²) in [4.78, 5) is 11.4. The fourth-order valence-electron chi connectivity index (χ4n) is 1.28. The van der Waals surface area contributed by atoms with Crippen LogP contribution in [0.15, 0.2) is 30.3 Å². The van der Waals surface area contributed by atoms with E-state index in [1.165, 1.54) is 6.08 Å². The second kappa shape index (κ2) is 7.87. The molecule has 0 aliphatic carbocycles. The number of rotatable bonds is 6. The van der Waals surface area contributed by atoms with Crippen LogP contribution in [0.2, 0.25) is 5.02 Å². The molecule has 1 aromatic carbocycles. The number of carbonyl (C=O) groups is 1. The first-order valence-electron chi connectivity index (χ1n) is 5.58. The lowest BCUT2D eigenvalue weighted by Crippen LogP contribution is -2.24. The van der Waals surface area contributed by atoms with Gasteiger partial charge in [0.05, 0.1) is 0 Å². The smallest absolute Gasteiger partial charge is 0.243 e. The zero-order valence-corrected chi connectivity index (χ0v) is 10.6. The average molecular weight is 253 g/mol. The highest BCUT2D eigenvalue weighted by molar-refractivity contribution is 6.30. The molecule has 17 heavy (non-hydrogen) atoms. The number of amides is 1. The van der Waals surface area contributed by atoms with Gasteiger partial charge in [-0.15, -0.1) is 0 Å². The van der Waals surface area contributed by atoms with Gasteiger partial charge in [-0.1, -0.05) is 23.7 Å². The van der Waals surface area contributed by atoms with Crippen molar-refractivity contribution in [1.29, 1.82) is 0 Å². The van der Waals surface area contributed by atoms with E-state index < -0.39 is 0 Å². The number of carbonyl (C=O) groups excluding carboxylic acids is 1. The van der Waals surface area contributed by atoms with E-state index in [4.69, 9.17) is 11.6 Å². The molecule has 2 N–H and O–H groups in total. The van der Waals surface area contributed by atoms with E-state index in [1.54, 1.807) is 18.2 Å². The van der Waals surface area contributed by atoms with Crippen LogP contribution >= 0.6 is 11.6 Å². The number of hydrogen-bond donors (Lipinski definition) is 2. The van der Waals surface area contributed by atoms with Crippen molar-refractivity contribution in [3.8, 4) is 0 Å². The number of hydrogen-bond acceptors (Lipinski definition) is 2. The highest BCUT2D eigenvalue weighted by Crippen LogP contribution is 2.10. The summed E-state index contributed by atoms with van der Waals surface area (Å²) in [5, 5.41) is 6.52. The Morgan fingerprint density at radius 2 is 2.00 bits per heavy atom. The molecule has 0 atom stereocenters. The molecule has 0 heterocycles. The molecule has 0 unspecified atom stereocenters. The van der Waals surface area contributed by atoms with Crippen LogP contribution in [0.4, 0.5) is 0 Å². The molecule has 0 aromatic heterocycles. The maximum atomic E-state index is 11.4. The van der Waals surface area contributed by atoms with Crippen LogP contribution in [0.5, 0.6) is 0 Å². The summed E-state index contributed by atoms with van der Waals surface area (Å²) in [6.07, 6.45) is 4.23. The maximum Gasteiger partial charge on any atom is 0.243 e. The van der Waals surface area contributed by atoms with Crippen molar-refractivity contribution in [2.75, 3.05) is 20.1 Å². The Hall–Kier alpha value is -1.32. The minimum atomic E-state index is -0.0731. The first-order valence-corrected chi connectivity index (χ1v) is 5.96. The van der Waals surface area contributed by atoms with Crippen LogP contribution in [-0.4, -0.2) is 26.0 Å². The molecule has 0 aliphatic heterocycles. The topological polar surface area (TPSA) is 41.1 Å². The largest absolute Gasteiger partial charge is 0.353 e. The molecule has 0 aliphatic rings. The molecule has 0 saturated heterocycles. The Morgan fingerprint density at radius 1 is 1.29 bits per heavy atom. The van der Waals surface area contributed by atoms with Crippen molar-refractivity contribution in [1.82, 2.24) is 10.6 Å². The van der Waals surface area contributed by atoms with Crippen molar-refractivity contribution in [3.05, 3.63) is 40.9 Å². The second-order valence-corrected chi connectivity index (χ2v) is 4.07. The van der Waals surface area contributed by atoms with Gasteiger partial charge in [-0.3, -0.25) is 4.79 Å². The predicted octanol–water partition coefficient (Wildman–Crippen LogP) is 2.08. The van der Waals surface area contributed by atoms with E-state index in [-0.39, 0.29) is 5.91 Å². The van der Waals surface area contributed by atoms with E-state index >= 15 is 0 Å². The third kappa shape index (κ3) is 6.09.